The van der Waals surface area contributed by atoms with E-state index in [4.69, 9.17) is 16.3 Å². The normalized spacial score (nSPS) is 10.6. The molecule has 0 saturated carbocycles. The topological polar surface area (TPSA) is 86.1 Å². The highest BCUT2D eigenvalue weighted by molar-refractivity contribution is 7.99. The number of amides is 1. The Kier molecular flexibility index (Phi) is 6.77. The lowest BCUT2D eigenvalue weighted by Crippen LogP contribution is -2.15. The van der Waals surface area contributed by atoms with Crippen LogP contribution in [0.4, 0.5) is 10.1 Å². The number of anilines is 1. The number of ether oxygens (including phenoxy) is 1. The fraction of sp³-hybridized carbons (Fsp3) is 0.333. The van der Waals surface area contributed by atoms with E-state index < -0.39 is 11.8 Å². The number of aromatic nitrogens is 3. The summed E-state index contributed by atoms with van der Waals surface area (Å²) in [7, 11) is 1.70. The highest BCUT2D eigenvalue weighted by Crippen LogP contribution is 2.23. The fourth-order valence-corrected chi connectivity index (χ4v) is 2.82. The lowest BCUT2D eigenvalue weighted by atomic mass is 10.3. The largest absolute Gasteiger partial charge is 0.466 e. The van der Waals surface area contributed by atoms with Gasteiger partial charge in [0.1, 0.15) is 18.1 Å². The molecule has 0 spiro atoms. The summed E-state index contributed by atoms with van der Waals surface area (Å²) in [5, 5.41) is 11.1. The second kappa shape index (κ2) is 8.82. The van der Waals surface area contributed by atoms with Crippen LogP contribution in [0.25, 0.3) is 0 Å². The minimum atomic E-state index is -0.481. The summed E-state index contributed by atoms with van der Waals surface area (Å²) >= 11 is 7.01. The van der Waals surface area contributed by atoms with E-state index in [-0.39, 0.29) is 23.1 Å². The summed E-state index contributed by atoms with van der Waals surface area (Å²) in [5.41, 5.74) is 0.328. The Morgan fingerprint density at radius 3 is 2.84 bits per heavy atom. The van der Waals surface area contributed by atoms with Gasteiger partial charge in [0, 0.05) is 7.05 Å². The molecule has 0 atom stereocenters. The van der Waals surface area contributed by atoms with E-state index >= 15 is 0 Å². The molecule has 0 bridgehead atoms. The zero-order chi connectivity index (χ0) is 18.4. The monoisotopic (exact) mass is 386 g/mol. The van der Waals surface area contributed by atoms with Crippen LogP contribution in [0, 0.1) is 5.82 Å². The SMILES string of the molecule is CCOC(=O)Cc1nnc(SCC(=O)Nc2ccc(F)cc2Cl)n1C. The molecule has 0 unspecified atom stereocenters. The van der Waals surface area contributed by atoms with Crippen molar-refractivity contribution in [3.8, 4) is 0 Å². The third-order valence-electron chi connectivity index (χ3n) is 3.07. The van der Waals surface area contributed by atoms with Crippen LogP contribution >= 0.6 is 23.4 Å². The molecule has 1 heterocycles. The molecule has 0 saturated heterocycles. The number of carbonyl (C=O) groups is 2. The number of hydrogen-bond acceptors (Lipinski definition) is 6. The first-order chi connectivity index (χ1) is 11.9. The maximum absolute atomic E-state index is 13.0. The number of esters is 1. The predicted molar refractivity (Wildman–Crippen MR) is 92.1 cm³/mol. The molecule has 2 aromatic rings. The fourth-order valence-electron chi connectivity index (χ4n) is 1.87. The highest BCUT2D eigenvalue weighted by Gasteiger charge is 2.15. The molecule has 2 rings (SSSR count). The molecule has 7 nitrogen and oxygen atoms in total. The summed E-state index contributed by atoms with van der Waals surface area (Å²) in [5.74, 6) is -0.695. The van der Waals surface area contributed by atoms with Crippen molar-refractivity contribution >= 4 is 40.9 Å². The molecule has 0 fully saturated rings. The summed E-state index contributed by atoms with van der Waals surface area (Å²) in [6, 6.07) is 3.72. The van der Waals surface area contributed by atoms with Gasteiger partial charge in [-0.25, -0.2) is 4.39 Å². The minimum absolute atomic E-state index is 0.00921. The number of halogens is 2. The predicted octanol–water partition coefficient (Wildman–Crippen LogP) is 2.44. The number of hydrogen-bond donors (Lipinski definition) is 1. The first kappa shape index (κ1) is 19.2. The second-order valence-corrected chi connectivity index (χ2v) is 6.25. The average molecular weight is 387 g/mol. The third-order valence-corrected chi connectivity index (χ3v) is 4.40. The van der Waals surface area contributed by atoms with Crippen LogP contribution in [0.15, 0.2) is 23.4 Å². The van der Waals surface area contributed by atoms with Gasteiger partial charge < -0.3 is 14.6 Å². The summed E-state index contributed by atoms with van der Waals surface area (Å²) in [4.78, 5) is 23.5. The third kappa shape index (κ3) is 5.43. The number of thioether (sulfide) groups is 1. The van der Waals surface area contributed by atoms with E-state index in [9.17, 15) is 14.0 Å². The van der Waals surface area contributed by atoms with Gasteiger partial charge in [0.2, 0.25) is 5.91 Å². The Morgan fingerprint density at radius 2 is 2.16 bits per heavy atom. The molecule has 0 aliphatic heterocycles. The van der Waals surface area contributed by atoms with Crippen molar-refractivity contribution in [1.29, 1.82) is 0 Å². The molecular formula is C15H16ClFN4O3S. The van der Waals surface area contributed by atoms with Crippen LogP contribution in [0.3, 0.4) is 0 Å². The molecule has 1 N–H and O–H groups in total. The molecule has 134 valence electrons. The van der Waals surface area contributed by atoms with Gasteiger partial charge in [0.15, 0.2) is 5.16 Å². The number of nitrogens with one attached hydrogen (secondary N) is 1. The quantitative estimate of drug-likeness (QED) is 0.581. The summed E-state index contributed by atoms with van der Waals surface area (Å²) in [6.07, 6.45) is 0.00921. The Hall–Kier alpha value is -2.13. The Balaban J connectivity index is 1.91. The van der Waals surface area contributed by atoms with E-state index in [1.807, 2.05) is 0 Å². The van der Waals surface area contributed by atoms with Gasteiger partial charge in [-0.05, 0) is 25.1 Å². The zero-order valence-corrected chi connectivity index (χ0v) is 15.2. The first-order valence-corrected chi connectivity index (χ1v) is 8.68. The maximum atomic E-state index is 13.0. The van der Waals surface area contributed by atoms with Gasteiger partial charge in [-0.15, -0.1) is 10.2 Å². The van der Waals surface area contributed by atoms with Crippen molar-refractivity contribution in [2.24, 2.45) is 7.05 Å². The van der Waals surface area contributed by atoms with Gasteiger partial charge in [-0.3, -0.25) is 9.59 Å². The lowest BCUT2D eigenvalue weighted by molar-refractivity contribution is -0.142. The molecule has 1 amide bonds. The molecule has 10 heteroatoms. The van der Waals surface area contributed by atoms with Crippen LogP contribution in [-0.2, 0) is 27.8 Å². The zero-order valence-electron chi connectivity index (χ0n) is 13.6. The van der Waals surface area contributed by atoms with E-state index in [2.05, 4.69) is 15.5 Å². The average Bonchev–Trinajstić information content (AvgIpc) is 2.89. The standard InChI is InChI=1S/C15H16ClFN4O3S/c1-3-24-14(23)7-12-19-20-15(21(12)2)25-8-13(22)18-11-5-4-9(17)6-10(11)16/h4-6H,3,7-8H2,1-2H3,(H,18,22). The van der Waals surface area contributed by atoms with Gasteiger partial charge >= 0.3 is 5.97 Å². The van der Waals surface area contributed by atoms with E-state index in [0.29, 0.717) is 23.3 Å². The number of benzene rings is 1. The van der Waals surface area contributed by atoms with E-state index in [1.165, 1.54) is 12.1 Å². The molecule has 0 radical (unpaired) electrons. The molecule has 1 aromatic heterocycles. The second-order valence-electron chi connectivity index (χ2n) is 4.90. The van der Waals surface area contributed by atoms with Crippen LogP contribution in [-0.4, -0.2) is 39.0 Å². The van der Waals surface area contributed by atoms with Gasteiger partial charge in [0.05, 0.1) is 23.1 Å². The number of rotatable bonds is 7. The van der Waals surface area contributed by atoms with Crippen molar-refractivity contribution in [3.63, 3.8) is 0 Å². The van der Waals surface area contributed by atoms with Crippen molar-refractivity contribution in [2.75, 3.05) is 17.7 Å². The Bertz CT molecular complexity index is 784. The van der Waals surface area contributed by atoms with Gasteiger partial charge in [-0.2, -0.15) is 0 Å². The molecule has 0 aliphatic carbocycles. The number of nitrogens with zero attached hydrogens (tertiary/aromatic N) is 3. The van der Waals surface area contributed by atoms with E-state index in [1.54, 1.807) is 18.5 Å². The van der Waals surface area contributed by atoms with Crippen molar-refractivity contribution in [2.45, 2.75) is 18.5 Å². The van der Waals surface area contributed by atoms with Crippen molar-refractivity contribution in [1.82, 2.24) is 14.8 Å². The minimum Gasteiger partial charge on any atom is -0.466 e. The maximum Gasteiger partial charge on any atom is 0.313 e. The molecule has 1 aromatic carbocycles. The van der Waals surface area contributed by atoms with Crippen molar-refractivity contribution < 1.29 is 18.7 Å². The summed E-state index contributed by atoms with van der Waals surface area (Å²) < 4.78 is 19.5. The Labute approximate surface area is 152 Å². The van der Waals surface area contributed by atoms with Crippen LogP contribution in [0.5, 0.6) is 0 Å². The van der Waals surface area contributed by atoms with Gasteiger partial charge in [0.25, 0.3) is 0 Å². The smallest absolute Gasteiger partial charge is 0.313 e. The molecule has 0 aliphatic rings. The highest BCUT2D eigenvalue weighted by atomic mass is 35.5. The van der Waals surface area contributed by atoms with Gasteiger partial charge in [-0.1, -0.05) is 23.4 Å². The Morgan fingerprint density at radius 1 is 1.40 bits per heavy atom. The molecular weight excluding hydrogens is 371 g/mol. The van der Waals surface area contributed by atoms with Crippen molar-refractivity contribution in [3.05, 3.63) is 34.9 Å². The summed E-state index contributed by atoms with van der Waals surface area (Å²) in [6.45, 7) is 2.02. The number of carbonyl (C=O) groups excluding carboxylic acids is 2. The first-order valence-electron chi connectivity index (χ1n) is 7.32. The van der Waals surface area contributed by atoms with Crippen LogP contribution in [0.2, 0.25) is 5.02 Å². The van der Waals surface area contributed by atoms with Crippen LogP contribution in [0.1, 0.15) is 12.7 Å². The van der Waals surface area contributed by atoms with Crippen LogP contribution < -0.4 is 5.32 Å². The lowest BCUT2D eigenvalue weighted by Gasteiger charge is -2.07. The molecule has 25 heavy (non-hydrogen) atoms. The van der Waals surface area contributed by atoms with E-state index in [0.717, 1.165) is 17.8 Å².